The molecule has 0 bridgehead atoms. The van der Waals surface area contributed by atoms with Crippen molar-refractivity contribution >= 4 is 11.3 Å². The van der Waals surface area contributed by atoms with Gasteiger partial charge in [0, 0.05) is 10.9 Å². The lowest BCUT2D eigenvalue weighted by atomic mass is 10.1. The summed E-state index contributed by atoms with van der Waals surface area (Å²) in [6.45, 7) is 5.57. The number of rotatable bonds is 9. The van der Waals surface area contributed by atoms with Gasteiger partial charge in [-0.2, -0.15) is 0 Å². The lowest BCUT2D eigenvalue weighted by Crippen LogP contribution is -2.22. The molecular weight excluding hydrogens is 276 g/mol. The van der Waals surface area contributed by atoms with Gasteiger partial charge < -0.3 is 5.32 Å². The molecule has 2 aromatic rings. The van der Waals surface area contributed by atoms with Crippen LogP contribution in [0.25, 0.3) is 10.6 Å². The molecule has 1 heterocycles. The van der Waals surface area contributed by atoms with E-state index in [1.165, 1.54) is 43.4 Å². The third-order valence-electron chi connectivity index (χ3n) is 3.67. The predicted molar refractivity (Wildman–Crippen MR) is 92.7 cm³/mol. The smallest absolute Gasteiger partial charge is 0.123 e. The van der Waals surface area contributed by atoms with Crippen LogP contribution >= 0.6 is 11.3 Å². The van der Waals surface area contributed by atoms with Crippen molar-refractivity contribution in [1.29, 1.82) is 0 Å². The third kappa shape index (κ3) is 4.94. The molecule has 0 spiro atoms. The van der Waals surface area contributed by atoms with Gasteiger partial charge in [-0.1, -0.05) is 63.4 Å². The van der Waals surface area contributed by atoms with Crippen LogP contribution in [0.2, 0.25) is 0 Å². The predicted octanol–water partition coefficient (Wildman–Crippen LogP) is 5.43. The maximum absolute atomic E-state index is 4.87. The summed E-state index contributed by atoms with van der Waals surface area (Å²) in [5, 5.41) is 7.03. The van der Waals surface area contributed by atoms with Crippen molar-refractivity contribution in [2.75, 3.05) is 6.54 Å². The van der Waals surface area contributed by atoms with Gasteiger partial charge in [0.25, 0.3) is 0 Å². The average molecular weight is 302 g/mol. The molecule has 2 nitrogen and oxygen atoms in total. The van der Waals surface area contributed by atoms with Crippen LogP contribution < -0.4 is 5.32 Å². The Morgan fingerprint density at radius 1 is 1.10 bits per heavy atom. The Bertz CT molecular complexity index is 507. The molecule has 1 aromatic heterocycles. The highest BCUT2D eigenvalue weighted by Crippen LogP contribution is 2.28. The molecule has 0 amide bonds. The Balaban J connectivity index is 2.07. The van der Waals surface area contributed by atoms with E-state index in [4.69, 9.17) is 4.98 Å². The van der Waals surface area contributed by atoms with Gasteiger partial charge in [-0.05, 0) is 19.4 Å². The lowest BCUT2D eigenvalue weighted by Gasteiger charge is -2.16. The first-order chi connectivity index (χ1) is 10.3. The highest BCUT2D eigenvalue weighted by Gasteiger charge is 2.14. The molecule has 0 fully saturated rings. The molecule has 114 valence electrons. The molecule has 0 aliphatic carbocycles. The van der Waals surface area contributed by atoms with Gasteiger partial charge >= 0.3 is 0 Å². The van der Waals surface area contributed by atoms with Crippen LogP contribution in [0.1, 0.15) is 57.7 Å². The molecule has 0 radical (unpaired) electrons. The number of benzene rings is 1. The number of nitrogens with one attached hydrogen (secondary N) is 1. The topological polar surface area (TPSA) is 24.9 Å². The highest BCUT2D eigenvalue weighted by molar-refractivity contribution is 7.13. The average Bonchev–Trinajstić information content (AvgIpc) is 3.01. The molecular formula is C18H26N2S. The van der Waals surface area contributed by atoms with Crippen LogP contribution in [-0.4, -0.2) is 11.5 Å². The second-order valence-corrected chi connectivity index (χ2v) is 6.30. The minimum Gasteiger partial charge on any atom is -0.309 e. The Kier molecular flexibility index (Phi) is 6.90. The number of thiazole rings is 1. The van der Waals surface area contributed by atoms with Crippen molar-refractivity contribution in [3.8, 4) is 10.6 Å². The number of nitrogens with zero attached hydrogens (tertiary/aromatic N) is 1. The fourth-order valence-electron chi connectivity index (χ4n) is 2.38. The van der Waals surface area contributed by atoms with E-state index >= 15 is 0 Å². The summed E-state index contributed by atoms with van der Waals surface area (Å²) in [7, 11) is 0. The van der Waals surface area contributed by atoms with Crippen molar-refractivity contribution in [3.05, 3.63) is 41.4 Å². The summed E-state index contributed by atoms with van der Waals surface area (Å²) >= 11 is 1.75. The number of hydrogen-bond donors (Lipinski definition) is 1. The second-order valence-electron chi connectivity index (χ2n) is 5.45. The van der Waals surface area contributed by atoms with Gasteiger partial charge in [-0.25, -0.2) is 4.98 Å². The molecule has 0 saturated carbocycles. The first kappa shape index (κ1) is 16.2. The monoisotopic (exact) mass is 302 g/mol. The summed E-state index contributed by atoms with van der Waals surface area (Å²) in [5.74, 6) is 0. The zero-order valence-corrected chi connectivity index (χ0v) is 14.0. The molecule has 0 aliphatic rings. The van der Waals surface area contributed by atoms with Gasteiger partial charge in [-0.3, -0.25) is 0 Å². The Morgan fingerprint density at radius 3 is 2.57 bits per heavy atom. The molecule has 1 N–H and O–H groups in total. The maximum Gasteiger partial charge on any atom is 0.123 e. The van der Waals surface area contributed by atoms with Crippen LogP contribution in [-0.2, 0) is 0 Å². The number of aromatic nitrogens is 1. The summed E-state index contributed by atoms with van der Waals surface area (Å²) in [6.07, 6.45) is 6.14. The molecule has 3 heteroatoms. The lowest BCUT2D eigenvalue weighted by molar-refractivity contribution is 0.467. The van der Waals surface area contributed by atoms with Gasteiger partial charge in [0.2, 0.25) is 0 Å². The molecule has 2 rings (SSSR count). The molecule has 1 atom stereocenters. The molecule has 0 aliphatic heterocycles. The largest absolute Gasteiger partial charge is 0.309 e. The summed E-state index contributed by atoms with van der Waals surface area (Å²) in [4.78, 5) is 4.87. The van der Waals surface area contributed by atoms with Crippen molar-refractivity contribution in [1.82, 2.24) is 10.3 Å². The van der Waals surface area contributed by atoms with Crippen molar-refractivity contribution in [2.45, 2.75) is 52.0 Å². The number of hydrogen-bond acceptors (Lipinski definition) is 3. The summed E-state index contributed by atoms with van der Waals surface area (Å²) < 4.78 is 0. The van der Waals surface area contributed by atoms with E-state index in [2.05, 4.69) is 48.8 Å². The van der Waals surface area contributed by atoms with E-state index in [0.29, 0.717) is 6.04 Å². The third-order valence-corrected chi connectivity index (χ3v) is 4.58. The van der Waals surface area contributed by atoms with Crippen molar-refractivity contribution < 1.29 is 0 Å². The molecule has 1 unspecified atom stereocenters. The van der Waals surface area contributed by atoms with Gasteiger partial charge in [0.05, 0.1) is 11.7 Å². The second kappa shape index (κ2) is 8.96. The van der Waals surface area contributed by atoms with Crippen LogP contribution in [0.15, 0.2) is 35.7 Å². The van der Waals surface area contributed by atoms with E-state index < -0.39 is 0 Å². The minimum absolute atomic E-state index is 0.408. The van der Waals surface area contributed by atoms with E-state index in [1.54, 1.807) is 11.3 Å². The van der Waals surface area contributed by atoms with Gasteiger partial charge in [0.1, 0.15) is 5.01 Å². The van der Waals surface area contributed by atoms with E-state index in [-0.39, 0.29) is 0 Å². The Morgan fingerprint density at radius 2 is 1.86 bits per heavy atom. The van der Waals surface area contributed by atoms with Crippen molar-refractivity contribution in [3.63, 3.8) is 0 Å². The van der Waals surface area contributed by atoms with Crippen LogP contribution in [0.3, 0.4) is 0 Å². The zero-order chi connectivity index (χ0) is 14.9. The van der Waals surface area contributed by atoms with Gasteiger partial charge in [0.15, 0.2) is 0 Å². The molecule has 1 aromatic carbocycles. The quantitative estimate of drug-likeness (QED) is 0.625. The zero-order valence-electron chi connectivity index (χ0n) is 13.1. The fraction of sp³-hybridized carbons (Fsp3) is 0.500. The first-order valence-corrected chi connectivity index (χ1v) is 8.97. The Hall–Kier alpha value is -1.19. The SMILES string of the molecule is CCCCNC(CCCC)c1csc(-c2ccccc2)n1. The van der Waals surface area contributed by atoms with Crippen molar-refractivity contribution in [2.24, 2.45) is 0 Å². The Labute approximate surface area is 132 Å². The minimum atomic E-state index is 0.408. The molecule has 0 saturated heterocycles. The van der Waals surface area contributed by atoms with Crippen LogP contribution in [0.4, 0.5) is 0 Å². The normalized spacial score (nSPS) is 12.5. The van der Waals surface area contributed by atoms with Gasteiger partial charge in [-0.15, -0.1) is 11.3 Å². The summed E-state index contributed by atoms with van der Waals surface area (Å²) in [6, 6.07) is 10.9. The number of unbranched alkanes of at least 4 members (excludes halogenated alkanes) is 2. The highest BCUT2D eigenvalue weighted by atomic mass is 32.1. The molecule has 21 heavy (non-hydrogen) atoms. The standard InChI is InChI=1S/C18H26N2S/c1-3-5-12-16(19-13-6-4-2)17-14-21-18(20-17)15-10-8-7-9-11-15/h7-11,14,16,19H,3-6,12-13H2,1-2H3. The fourth-order valence-corrected chi connectivity index (χ4v) is 3.25. The van der Waals surface area contributed by atoms with E-state index in [1.807, 2.05) is 6.07 Å². The van der Waals surface area contributed by atoms with Crippen LogP contribution in [0.5, 0.6) is 0 Å². The van der Waals surface area contributed by atoms with Crippen LogP contribution in [0, 0.1) is 0 Å². The summed E-state index contributed by atoms with van der Waals surface area (Å²) in [5.41, 5.74) is 2.43. The first-order valence-electron chi connectivity index (χ1n) is 8.09. The van der Waals surface area contributed by atoms with E-state index in [0.717, 1.165) is 11.6 Å². The maximum atomic E-state index is 4.87. The van der Waals surface area contributed by atoms with E-state index in [9.17, 15) is 0 Å².